The van der Waals surface area contributed by atoms with Crippen molar-refractivity contribution in [1.29, 1.82) is 0 Å². The molecule has 1 N–H and O–H groups in total. The van der Waals surface area contributed by atoms with Gasteiger partial charge in [-0.3, -0.25) is 4.79 Å². The number of carbonyl (C=O) groups is 1. The summed E-state index contributed by atoms with van der Waals surface area (Å²) in [6.07, 6.45) is 1.57. The summed E-state index contributed by atoms with van der Waals surface area (Å²) in [5.41, 5.74) is 2.24. The van der Waals surface area contributed by atoms with Crippen LogP contribution in [0, 0.1) is 0 Å². The molecule has 0 amide bonds. The second-order valence-electron chi connectivity index (χ2n) is 4.78. The number of hydrogen-bond acceptors (Lipinski definition) is 3. The number of ether oxygens (including phenoxy) is 1. The Morgan fingerprint density at radius 1 is 1.23 bits per heavy atom. The molecule has 0 unspecified atom stereocenters. The molecule has 0 aliphatic heterocycles. The molecule has 22 heavy (non-hydrogen) atoms. The monoisotopic (exact) mass is 315 g/mol. The molecule has 2 aromatic carbocycles. The topological polar surface area (TPSA) is 38.3 Å². The smallest absolute Gasteiger partial charge is 0.187 e. The SMILES string of the molecule is CCOc1cccc(N/C(C)=C/C(=O)c2ccc(Cl)cc2)c1. The third kappa shape index (κ3) is 4.64. The van der Waals surface area contributed by atoms with Crippen LogP contribution < -0.4 is 10.1 Å². The van der Waals surface area contributed by atoms with Crippen LogP contribution in [-0.4, -0.2) is 12.4 Å². The molecule has 0 saturated heterocycles. The van der Waals surface area contributed by atoms with Gasteiger partial charge in [0.05, 0.1) is 6.61 Å². The van der Waals surface area contributed by atoms with E-state index < -0.39 is 0 Å². The van der Waals surface area contributed by atoms with Gasteiger partial charge in [-0.05, 0) is 50.2 Å². The molecule has 0 heterocycles. The van der Waals surface area contributed by atoms with Gasteiger partial charge in [-0.25, -0.2) is 0 Å². The van der Waals surface area contributed by atoms with E-state index in [9.17, 15) is 4.79 Å². The van der Waals surface area contributed by atoms with Crippen molar-refractivity contribution in [2.45, 2.75) is 13.8 Å². The Morgan fingerprint density at radius 3 is 2.64 bits per heavy atom. The van der Waals surface area contributed by atoms with Crippen LogP contribution >= 0.6 is 11.6 Å². The molecule has 0 radical (unpaired) electrons. The Kier molecular flexibility index (Phi) is 5.61. The van der Waals surface area contributed by atoms with Gasteiger partial charge in [0, 0.05) is 34.1 Å². The molecule has 0 aliphatic rings. The number of carbonyl (C=O) groups excluding carboxylic acids is 1. The van der Waals surface area contributed by atoms with Gasteiger partial charge < -0.3 is 10.1 Å². The fraction of sp³-hybridized carbons (Fsp3) is 0.167. The van der Waals surface area contributed by atoms with Gasteiger partial charge in [-0.15, -0.1) is 0 Å². The standard InChI is InChI=1S/C18H18ClNO2/c1-3-22-17-6-4-5-16(12-17)20-13(2)11-18(21)14-7-9-15(19)10-8-14/h4-12,20H,3H2,1-2H3/b13-11+. The van der Waals surface area contributed by atoms with Gasteiger partial charge in [0.15, 0.2) is 5.78 Å². The van der Waals surface area contributed by atoms with E-state index in [-0.39, 0.29) is 5.78 Å². The van der Waals surface area contributed by atoms with E-state index >= 15 is 0 Å². The van der Waals surface area contributed by atoms with Crippen LogP contribution in [0.4, 0.5) is 5.69 Å². The van der Waals surface area contributed by atoms with Crippen molar-refractivity contribution in [3.63, 3.8) is 0 Å². The average Bonchev–Trinajstić information content (AvgIpc) is 2.48. The van der Waals surface area contributed by atoms with Crippen LogP contribution in [0.15, 0.2) is 60.3 Å². The molecule has 0 atom stereocenters. The number of rotatable bonds is 6. The molecule has 0 bridgehead atoms. The number of halogens is 1. The lowest BCUT2D eigenvalue weighted by atomic mass is 10.1. The van der Waals surface area contributed by atoms with E-state index in [4.69, 9.17) is 16.3 Å². The fourth-order valence-electron chi connectivity index (χ4n) is 1.99. The third-order valence-electron chi connectivity index (χ3n) is 2.96. The lowest BCUT2D eigenvalue weighted by Gasteiger charge is -2.09. The lowest BCUT2D eigenvalue weighted by molar-refractivity contribution is 0.104. The Morgan fingerprint density at radius 2 is 1.95 bits per heavy atom. The van der Waals surface area contributed by atoms with Gasteiger partial charge in [0.2, 0.25) is 0 Å². The highest BCUT2D eigenvalue weighted by atomic mass is 35.5. The van der Waals surface area contributed by atoms with E-state index in [2.05, 4.69) is 5.32 Å². The van der Waals surface area contributed by atoms with Crippen molar-refractivity contribution < 1.29 is 9.53 Å². The molecule has 0 fully saturated rings. The predicted octanol–water partition coefficient (Wildman–Crippen LogP) is 4.94. The van der Waals surface area contributed by atoms with Crippen molar-refractivity contribution in [2.24, 2.45) is 0 Å². The number of allylic oxidation sites excluding steroid dienone is 2. The van der Waals surface area contributed by atoms with Crippen LogP contribution in [0.1, 0.15) is 24.2 Å². The normalized spacial score (nSPS) is 11.1. The highest BCUT2D eigenvalue weighted by Gasteiger charge is 2.04. The Labute approximate surface area is 135 Å². The summed E-state index contributed by atoms with van der Waals surface area (Å²) in [6.45, 7) is 4.41. The van der Waals surface area contributed by atoms with Gasteiger partial charge in [-0.1, -0.05) is 17.7 Å². The van der Waals surface area contributed by atoms with Gasteiger partial charge in [-0.2, -0.15) is 0 Å². The third-order valence-corrected chi connectivity index (χ3v) is 3.21. The minimum atomic E-state index is -0.0670. The maximum absolute atomic E-state index is 12.1. The van der Waals surface area contributed by atoms with Crippen molar-refractivity contribution in [1.82, 2.24) is 0 Å². The first-order valence-electron chi connectivity index (χ1n) is 7.06. The summed E-state index contributed by atoms with van der Waals surface area (Å²) >= 11 is 5.82. The Balaban J connectivity index is 2.07. The van der Waals surface area contributed by atoms with Crippen LogP contribution in [0.2, 0.25) is 5.02 Å². The summed E-state index contributed by atoms with van der Waals surface area (Å²) in [6, 6.07) is 14.5. The minimum Gasteiger partial charge on any atom is -0.494 e. The first kappa shape index (κ1) is 16.1. The second kappa shape index (κ2) is 7.66. The summed E-state index contributed by atoms with van der Waals surface area (Å²) in [5, 5.41) is 3.80. The molecule has 3 nitrogen and oxygen atoms in total. The molecule has 0 saturated carbocycles. The van der Waals surface area contributed by atoms with Crippen molar-refractivity contribution in [3.8, 4) is 5.75 Å². The number of nitrogens with one attached hydrogen (secondary N) is 1. The zero-order chi connectivity index (χ0) is 15.9. The van der Waals surface area contributed by atoms with E-state index in [0.29, 0.717) is 17.2 Å². The number of benzene rings is 2. The maximum atomic E-state index is 12.1. The molecule has 2 rings (SSSR count). The van der Waals surface area contributed by atoms with E-state index in [0.717, 1.165) is 17.1 Å². The summed E-state index contributed by atoms with van der Waals surface area (Å²) in [4.78, 5) is 12.1. The van der Waals surface area contributed by atoms with Gasteiger partial charge in [0.25, 0.3) is 0 Å². The van der Waals surface area contributed by atoms with Gasteiger partial charge >= 0.3 is 0 Å². The van der Waals surface area contributed by atoms with Crippen molar-refractivity contribution in [3.05, 3.63) is 70.9 Å². The number of anilines is 1. The highest BCUT2D eigenvalue weighted by Crippen LogP contribution is 2.19. The Hall–Kier alpha value is -2.26. The second-order valence-corrected chi connectivity index (χ2v) is 5.22. The van der Waals surface area contributed by atoms with Crippen molar-refractivity contribution >= 4 is 23.1 Å². The quantitative estimate of drug-likeness (QED) is 0.606. The minimum absolute atomic E-state index is 0.0670. The van der Waals surface area contributed by atoms with Crippen LogP contribution in [-0.2, 0) is 0 Å². The summed E-state index contributed by atoms with van der Waals surface area (Å²) in [7, 11) is 0. The Bertz CT molecular complexity index is 678. The van der Waals surface area contributed by atoms with Crippen LogP contribution in [0.3, 0.4) is 0 Å². The number of ketones is 1. The maximum Gasteiger partial charge on any atom is 0.187 e. The van der Waals surface area contributed by atoms with Crippen LogP contribution in [0.25, 0.3) is 0 Å². The molecular formula is C18H18ClNO2. The largest absolute Gasteiger partial charge is 0.494 e. The van der Waals surface area contributed by atoms with Crippen molar-refractivity contribution in [2.75, 3.05) is 11.9 Å². The van der Waals surface area contributed by atoms with E-state index in [1.165, 1.54) is 0 Å². The zero-order valence-electron chi connectivity index (χ0n) is 12.6. The predicted molar refractivity (Wildman–Crippen MR) is 90.8 cm³/mol. The fourth-order valence-corrected chi connectivity index (χ4v) is 2.11. The number of hydrogen-bond donors (Lipinski definition) is 1. The first-order chi connectivity index (χ1) is 10.6. The van der Waals surface area contributed by atoms with E-state index in [1.54, 1.807) is 30.3 Å². The zero-order valence-corrected chi connectivity index (χ0v) is 13.4. The molecule has 114 valence electrons. The summed E-state index contributed by atoms with van der Waals surface area (Å²) < 4.78 is 5.45. The molecule has 0 aliphatic carbocycles. The first-order valence-corrected chi connectivity index (χ1v) is 7.44. The molecule has 4 heteroatoms. The molecule has 0 spiro atoms. The lowest BCUT2D eigenvalue weighted by Crippen LogP contribution is -2.01. The van der Waals surface area contributed by atoms with Crippen LogP contribution in [0.5, 0.6) is 5.75 Å². The van der Waals surface area contributed by atoms with E-state index in [1.807, 2.05) is 38.1 Å². The molecule has 0 aromatic heterocycles. The molecule has 2 aromatic rings. The summed E-state index contributed by atoms with van der Waals surface area (Å²) in [5.74, 6) is 0.729. The highest BCUT2D eigenvalue weighted by molar-refractivity contribution is 6.30. The molecular weight excluding hydrogens is 298 g/mol. The van der Waals surface area contributed by atoms with Gasteiger partial charge in [0.1, 0.15) is 5.75 Å². The average molecular weight is 316 g/mol.